The molecule has 1 saturated carbocycles. The van der Waals surface area contributed by atoms with Gasteiger partial charge in [-0.2, -0.15) is 0 Å². The van der Waals surface area contributed by atoms with Gasteiger partial charge in [0.05, 0.1) is 0 Å². The fourth-order valence-corrected chi connectivity index (χ4v) is 2.34. The highest BCUT2D eigenvalue weighted by molar-refractivity contribution is 5.86. The van der Waals surface area contributed by atoms with Gasteiger partial charge in [0.1, 0.15) is 5.54 Å². The van der Waals surface area contributed by atoms with Gasteiger partial charge in [-0.15, -0.1) is 0 Å². The Bertz CT molecular complexity index is 335. The fraction of sp³-hybridized carbons (Fsp3) is 0.833. The molecule has 1 heterocycles. The normalized spacial score (nSPS) is 22.3. The van der Waals surface area contributed by atoms with Crippen LogP contribution in [0.5, 0.6) is 0 Å². The Balaban J connectivity index is 2.03. The number of aliphatic carboxylic acids is 1. The minimum Gasteiger partial charge on any atom is -0.480 e. The van der Waals surface area contributed by atoms with Gasteiger partial charge in [0.25, 0.3) is 0 Å². The molecule has 0 aromatic heterocycles. The quantitative estimate of drug-likeness (QED) is 0.780. The maximum Gasteiger partial charge on any atom is 0.329 e. The van der Waals surface area contributed by atoms with E-state index in [-0.39, 0.29) is 6.03 Å². The van der Waals surface area contributed by atoms with Crippen LogP contribution in [-0.2, 0) is 9.53 Å². The smallest absolute Gasteiger partial charge is 0.329 e. The molecule has 2 amide bonds. The number of urea groups is 1. The van der Waals surface area contributed by atoms with E-state index in [1.807, 2.05) is 6.92 Å². The monoisotopic (exact) mass is 256 g/mol. The number of hydrogen-bond donors (Lipinski definition) is 2. The van der Waals surface area contributed by atoms with Crippen molar-refractivity contribution in [3.05, 3.63) is 0 Å². The predicted octanol–water partition coefficient (Wildman–Crippen LogP) is 0.814. The molecule has 2 N–H and O–H groups in total. The first-order chi connectivity index (χ1) is 8.59. The van der Waals surface area contributed by atoms with Gasteiger partial charge in [-0.1, -0.05) is 0 Å². The van der Waals surface area contributed by atoms with Crippen molar-refractivity contribution in [2.24, 2.45) is 0 Å². The number of carboxylic acid groups (broad SMARTS) is 1. The molecule has 1 aliphatic carbocycles. The Morgan fingerprint density at radius 2 is 2.00 bits per heavy atom. The van der Waals surface area contributed by atoms with E-state index in [0.29, 0.717) is 38.6 Å². The summed E-state index contributed by atoms with van der Waals surface area (Å²) in [7, 11) is 0. The highest BCUT2D eigenvalue weighted by Crippen LogP contribution is 2.28. The summed E-state index contributed by atoms with van der Waals surface area (Å²) in [4.78, 5) is 25.3. The SMILES string of the molecule is CCN(C(=O)NC1(C(=O)O)CCOCC1)C1CC1. The minimum atomic E-state index is -1.16. The van der Waals surface area contributed by atoms with E-state index in [1.165, 1.54) is 0 Å². The maximum atomic E-state index is 12.1. The first-order valence-electron chi connectivity index (χ1n) is 6.49. The van der Waals surface area contributed by atoms with Gasteiger partial charge in [0.2, 0.25) is 0 Å². The highest BCUT2D eigenvalue weighted by Gasteiger charge is 2.43. The van der Waals surface area contributed by atoms with E-state index >= 15 is 0 Å². The van der Waals surface area contributed by atoms with Crippen molar-refractivity contribution < 1.29 is 19.4 Å². The van der Waals surface area contributed by atoms with Crippen LogP contribution >= 0.6 is 0 Å². The third kappa shape index (κ3) is 2.58. The third-order valence-corrected chi connectivity index (χ3v) is 3.69. The molecule has 2 rings (SSSR count). The van der Waals surface area contributed by atoms with Crippen LogP contribution in [0.3, 0.4) is 0 Å². The zero-order valence-corrected chi connectivity index (χ0v) is 10.6. The van der Waals surface area contributed by atoms with E-state index in [4.69, 9.17) is 4.74 Å². The molecule has 0 aromatic rings. The van der Waals surface area contributed by atoms with E-state index in [9.17, 15) is 14.7 Å². The molecule has 0 radical (unpaired) electrons. The zero-order valence-electron chi connectivity index (χ0n) is 10.6. The Kier molecular flexibility index (Phi) is 3.75. The van der Waals surface area contributed by atoms with Crippen molar-refractivity contribution >= 4 is 12.0 Å². The van der Waals surface area contributed by atoms with Crippen LogP contribution in [0.2, 0.25) is 0 Å². The lowest BCUT2D eigenvalue weighted by Gasteiger charge is -2.35. The number of ether oxygens (including phenoxy) is 1. The second-order valence-corrected chi connectivity index (χ2v) is 4.95. The number of amides is 2. The van der Waals surface area contributed by atoms with Crippen LogP contribution in [0.4, 0.5) is 4.79 Å². The molecule has 18 heavy (non-hydrogen) atoms. The standard InChI is InChI=1S/C12H20N2O4/c1-2-14(9-3-4-9)11(17)13-12(10(15)16)5-7-18-8-6-12/h9H,2-8H2,1H3,(H,13,17)(H,15,16). The molecule has 1 saturated heterocycles. The molecule has 0 aromatic carbocycles. The molecule has 6 nitrogen and oxygen atoms in total. The summed E-state index contributed by atoms with van der Waals surface area (Å²) in [6.07, 6.45) is 2.70. The van der Waals surface area contributed by atoms with Crippen LogP contribution in [0.25, 0.3) is 0 Å². The van der Waals surface area contributed by atoms with Crippen molar-refractivity contribution in [2.45, 2.75) is 44.2 Å². The van der Waals surface area contributed by atoms with Gasteiger partial charge in [0, 0.05) is 38.6 Å². The van der Waals surface area contributed by atoms with Crippen LogP contribution in [0.1, 0.15) is 32.6 Å². The number of carbonyl (C=O) groups is 2. The maximum absolute atomic E-state index is 12.1. The number of nitrogens with zero attached hydrogens (tertiary/aromatic N) is 1. The number of rotatable bonds is 4. The van der Waals surface area contributed by atoms with Crippen molar-refractivity contribution in [1.82, 2.24) is 10.2 Å². The molecule has 6 heteroatoms. The van der Waals surface area contributed by atoms with E-state index < -0.39 is 11.5 Å². The van der Waals surface area contributed by atoms with Crippen LogP contribution in [0, 0.1) is 0 Å². The number of carbonyl (C=O) groups excluding carboxylic acids is 1. The van der Waals surface area contributed by atoms with Gasteiger partial charge in [-0.05, 0) is 19.8 Å². The Morgan fingerprint density at radius 3 is 2.44 bits per heavy atom. The molecule has 0 spiro atoms. The van der Waals surface area contributed by atoms with Crippen molar-refractivity contribution in [1.29, 1.82) is 0 Å². The zero-order chi connectivity index (χ0) is 13.2. The first kappa shape index (κ1) is 13.1. The largest absolute Gasteiger partial charge is 0.480 e. The Morgan fingerprint density at radius 1 is 1.39 bits per heavy atom. The molecule has 2 aliphatic rings. The molecule has 2 fully saturated rings. The number of hydrogen-bond acceptors (Lipinski definition) is 3. The van der Waals surface area contributed by atoms with Gasteiger partial charge < -0.3 is 20.1 Å². The van der Waals surface area contributed by atoms with Gasteiger partial charge >= 0.3 is 12.0 Å². The average Bonchev–Trinajstić information content (AvgIpc) is 3.15. The molecule has 0 unspecified atom stereocenters. The number of nitrogens with one attached hydrogen (secondary N) is 1. The molecule has 0 bridgehead atoms. The molecule has 1 aliphatic heterocycles. The summed E-state index contributed by atoms with van der Waals surface area (Å²) >= 11 is 0. The molecule has 102 valence electrons. The van der Waals surface area contributed by atoms with E-state index in [2.05, 4.69) is 5.32 Å². The lowest BCUT2D eigenvalue weighted by atomic mass is 9.90. The Labute approximate surface area is 106 Å². The predicted molar refractivity (Wildman–Crippen MR) is 64.4 cm³/mol. The minimum absolute atomic E-state index is 0.260. The van der Waals surface area contributed by atoms with Crippen LogP contribution in [0.15, 0.2) is 0 Å². The van der Waals surface area contributed by atoms with Crippen molar-refractivity contribution in [3.63, 3.8) is 0 Å². The summed E-state index contributed by atoms with van der Waals surface area (Å²) < 4.78 is 5.17. The van der Waals surface area contributed by atoms with Crippen LogP contribution < -0.4 is 5.32 Å². The molecular formula is C12H20N2O4. The van der Waals surface area contributed by atoms with Gasteiger partial charge in [-0.3, -0.25) is 0 Å². The average molecular weight is 256 g/mol. The summed E-state index contributed by atoms with van der Waals surface area (Å²) in [5, 5.41) is 12.1. The third-order valence-electron chi connectivity index (χ3n) is 3.69. The Hall–Kier alpha value is -1.30. The summed E-state index contributed by atoms with van der Waals surface area (Å²) in [5.74, 6) is -0.967. The van der Waals surface area contributed by atoms with Crippen molar-refractivity contribution in [2.75, 3.05) is 19.8 Å². The van der Waals surface area contributed by atoms with Gasteiger partial charge in [-0.25, -0.2) is 9.59 Å². The number of carboxylic acids is 1. The summed E-state index contributed by atoms with van der Waals surface area (Å²) in [6, 6.07) is 0.0324. The molecular weight excluding hydrogens is 236 g/mol. The highest BCUT2D eigenvalue weighted by atomic mass is 16.5. The van der Waals surface area contributed by atoms with Crippen LogP contribution in [-0.4, -0.2) is 53.3 Å². The second-order valence-electron chi connectivity index (χ2n) is 4.95. The van der Waals surface area contributed by atoms with Crippen molar-refractivity contribution in [3.8, 4) is 0 Å². The first-order valence-corrected chi connectivity index (χ1v) is 6.49. The second kappa shape index (κ2) is 5.14. The topological polar surface area (TPSA) is 78.9 Å². The summed E-state index contributed by atoms with van der Waals surface area (Å²) in [5.41, 5.74) is -1.16. The lowest BCUT2D eigenvalue weighted by molar-refractivity contribution is -0.148. The van der Waals surface area contributed by atoms with E-state index in [0.717, 1.165) is 12.8 Å². The molecule has 0 atom stereocenters. The van der Waals surface area contributed by atoms with Gasteiger partial charge in [0.15, 0.2) is 0 Å². The fourth-order valence-electron chi connectivity index (χ4n) is 2.34. The lowest BCUT2D eigenvalue weighted by Crippen LogP contribution is -2.60. The summed E-state index contributed by atoms with van der Waals surface area (Å²) in [6.45, 7) is 3.28. The van der Waals surface area contributed by atoms with E-state index in [1.54, 1.807) is 4.90 Å².